The first-order chi connectivity index (χ1) is 17.5. The Bertz CT molecular complexity index is 1340. The number of benzene rings is 2. The maximum absolute atomic E-state index is 13.1. The molecule has 3 aromatic rings. The normalized spacial score (nSPS) is 14.2. The van der Waals surface area contributed by atoms with Crippen LogP contribution in [-0.4, -0.2) is 58.5 Å². The van der Waals surface area contributed by atoms with Crippen LogP contribution in [0.2, 0.25) is 10.0 Å². The number of anilines is 2. The van der Waals surface area contributed by atoms with Gasteiger partial charge in [-0.25, -0.2) is 0 Å². The lowest BCUT2D eigenvalue weighted by Crippen LogP contribution is -2.49. The number of carbonyl (C=O) groups is 3. The summed E-state index contributed by atoms with van der Waals surface area (Å²) in [5, 5.41) is 13.8. The maximum Gasteiger partial charge on any atom is 0.309 e. The van der Waals surface area contributed by atoms with E-state index in [0.29, 0.717) is 54.2 Å². The molecule has 2 N–H and O–H groups in total. The van der Waals surface area contributed by atoms with Gasteiger partial charge in [0.25, 0.3) is 5.91 Å². The molecule has 37 heavy (non-hydrogen) atoms. The summed E-state index contributed by atoms with van der Waals surface area (Å²) in [5.41, 5.74) is 1.91. The molecule has 2 amide bonds. The Morgan fingerprint density at radius 2 is 1.65 bits per heavy atom. The molecular weight excluding hydrogens is 515 g/mol. The Kier molecular flexibility index (Phi) is 7.71. The van der Waals surface area contributed by atoms with E-state index in [1.165, 1.54) is 0 Å². The third-order valence-electron chi connectivity index (χ3n) is 6.82. The van der Waals surface area contributed by atoms with Crippen molar-refractivity contribution in [1.82, 2.24) is 9.47 Å². The first-order valence-electron chi connectivity index (χ1n) is 12.2. The smallest absolute Gasteiger partial charge is 0.309 e. The molecule has 2 heterocycles. The number of amides is 2. The lowest BCUT2D eigenvalue weighted by atomic mass is 9.89. The second kappa shape index (κ2) is 10.6. The van der Waals surface area contributed by atoms with Crippen LogP contribution in [0.1, 0.15) is 37.7 Å². The SMILES string of the molecule is CCn1c(C(=O)Nc2ccc(N3CCN(C(=O)CC(C)(C)C(=O)O)CC3)cc2)cc2c(Cl)c(Cl)ccc21. The van der Waals surface area contributed by atoms with Crippen LogP contribution in [0.4, 0.5) is 11.4 Å². The maximum atomic E-state index is 13.1. The molecule has 1 aliphatic heterocycles. The third kappa shape index (κ3) is 5.55. The first kappa shape index (κ1) is 26.8. The number of hydrogen-bond acceptors (Lipinski definition) is 4. The van der Waals surface area contributed by atoms with Gasteiger partial charge >= 0.3 is 5.97 Å². The van der Waals surface area contributed by atoms with Crippen molar-refractivity contribution in [3.8, 4) is 0 Å². The molecule has 0 atom stereocenters. The van der Waals surface area contributed by atoms with Gasteiger partial charge in [0, 0.05) is 55.9 Å². The lowest BCUT2D eigenvalue weighted by Gasteiger charge is -2.37. The molecule has 1 aromatic heterocycles. The van der Waals surface area contributed by atoms with E-state index in [-0.39, 0.29) is 18.2 Å². The zero-order valence-corrected chi connectivity index (χ0v) is 22.6. The number of aromatic nitrogens is 1. The number of piperazine rings is 1. The molecular formula is C27H30Cl2N4O4. The summed E-state index contributed by atoms with van der Waals surface area (Å²) < 4.78 is 1.90. The number of fused-ring (bicyclic) bond motifs is 1. The Balaban J connectivity index is 1.39. The van der Waals surface area contributed by atoms with E-state index in [2.05, 4.69) is 10.2 Å². The van der Waals surface area contributed by atoms with Gasteiger partial charge in [-0.3, -0.25) is 14.4 Å². The van der Waals surface area contributed by atoms with E-state index in [1.807, 2.05) is 41.8 Å². The van der Waals surface area contributed by atoms with Crippen LogP contribution in [0.15, 0.2) is 42.5 Å². The number of hydrogen-bond donors (Lipinski definition) is 2. The number of carbonyl (C=O) groups excluding carboxylic acids is 2. The number of aliphatic carboxylic acids is 1. The number of halogens is 2. The molecule has 0 unspecified atom stereocenters. The molecule has 8 nitrogen and oxygen atoms in total. The van der Waals surface area contributed by atoms with Crippen molar-refractivity contribution in [1.29, 1.82) is 0 Å². The van der Waals surface area contributed by atoms with Crippen molar-refractivity contribution < 1.29 is 19.5 Å². The second-order valence-corrected chi connectivity index (χ2v) is 10.6. The quantitative estimate of drug-likeness (QED) is 0.417. The van der Waals surface area contributed by atoms with Crippen LogP contribution in [0.3, 0.4) is 0 Å². The van der Waals surface area contributed by atoms with E-state index >= 15 is 0 Å². The van der Waals surface area contributed by atoms with Gasteiger partial charge in [0.2, 0.25) is 5.91 Å². The summed E-state index contributed by atoms with van der Waals surface area (Å²) in [4.78, 5) is 40.9. The summed E-state index contributed by atoms with van der Waals surface area (Å²) in [6, 6.07) is 12.9. The molecule has 0 aliphatic carbocycles. The Labute approximate surface area is 225 Å². The fraction of sp³-hybridized carbons (Fsp3) is 0.370. The van der Waals surface area contributed by atoms with Crippen molar-refractivity contribution in [3.63, 3.8) is 0 Å². The standard InChI is InChI=1S/C27H30Cl2N4O4/c1-4-33-21-10-9-20(28)24(29)19(21)15-22(33)25(35)30-17-5-7-18(8-6-17)31-11-13-32(14-12-31)23(34)16-27(2,3)26(36)37/h5-10,15H,4,11-14,16H2,1-3H3,(H,30,35)(H,36,37). The highest BCUT2D eigenvalue weighted by molar-refractivity contribution is 6.45. The number of aryl methyl sites for hydroxylation is 1. The van der Waals surface area contributed by atoms with Gasteiger partial charge < -0.3 is 24.8 Å². The van der Waals surface area contributed by atoms with Crippen molar-refractivity contribution in [3.05, 3.63) is 58.2 Å². The highest BCUT2D eigenvalue weighted by Crippen LogP contribution is 2.33. The zero-order valence-electron chi connectivity index (χ0n) is 21.1. The van der Waals surface area contributed by atoms with E-state index in [4.69, 9.17) is 23.2 Å². The van der Waals surface area contributed by atoms with Gasteiger partial charge in [-0.1, -0.05) is 23.2 Å². The summed E-state index contributed by atoms with van der Waals surface area (Å²) in [7, 11) is 0. The van der Waals surface area contributed by atoms with Gasteiger partial charge in [-0.05, 0) is 63.2 Å². The minimum atomic E-state index is -1.08. The van der Waals surface area contributed by atoms with Crippen molar-refractivity contribution >= 4 is 63.3 Å². The fourth-order valence-corrected chi connectivity index (χ4v) is 4.91. The molecule has 0 spiro atoms. The number of nitrogens with one attached hydrogen (secondary N) is 1. The highest BCUT2D eigenvalue weighted by Gasteiger charge is 2.33. The molecule has 10 heteroatoms. The van der Waals surface area contributed by atoms with Gasteiger partial charge in [-0.15, -0.1) is 0 Å². The molecule has 0 bridgehead atoms. The molecule has 0 radical (unpaired) electrons. The predicted molar refractivity (Wildman–Crippen MR) is 147 cm³/mol. The van der Waals surface area contributed by atoms with Crippen LogP contribution < -0.4 is 10.2 Å². The van der Waals surface area contributed by atoms with Gasteiger partial charge in [0.15, 0.2) is 0 Å². The van der Waals surface area contributed by atoms with E-state index in [1.54, 1.807) is 30.9 Å². The minimum absolute atomic E-state index is 0.0209. The van der Waals surface area contributed by atoms with Crippen molar-refractivity contribution in [2.45, 2.75) is 33.7 Å². The monoisotopic (exact) mass is 544 g/mol. The Morgan fingerprint density at radius 3 is 2.24 bits per heavy atom. The van der Waals surface area contributed by atoms with Crippen molar-refractivity contribution in [2.24, 2.45) is 5.41 Å². The molecule has 1 fully saturated rings. The van der Waals surface area contributed by atoms with E-state index < -0.39 is 11.4 Å². The number of rotatable bonds is 7. The van der Waals surface area contributed by atoms with Gasteiger partial charge in [-0.2, -0.15) is 0 Å². The Morgan fingerprint density at radius 1 is 1.00 bits per heavy atom. The number of carboxylic acids is 1. The second-order valence-electron chi connectivity index (χ2n) is 9.80. The average molecular weight is 545 g/mol. The van der Waals surface area contributed by atoms with Crippen LogP contribution in [0, 0.1) is 5.41 Å². The molecule has 196 valence electrons. The molecule has 1 aliphatic rings. The summed E-state index contributed by atoms with van der Waals surface area (Å²) in [6.07, 6.45) is -0.0209. The van der Waals surface area contributed by atoms with E-state index in [9.17, 15) is 19.5 Å². The van der Waals surface area contributed by atoms with E-state index in [0.717, 1.165) is 16.6 Å². The molecule has 1 saturated heterocycles. The first-order valence-corrected chi connectivity index (χ1v) is 12.9. The Hall–Kier alpha value is -3.23. The summed E-state index contributed by atoms with van der Waals surface area (Å²) >= 11 is 12.5. The molecule has 4 rings (SSSR count). The van der Waals surface area contributed by atoms with Gasteiger partial charge in [0.05, 0.1) is 21.0 Å². The predicted octanol–water partition coefficient (Wildman–Crippen LogP) is 5.37. The van der Waals surface area contributed by atoms with Crippen LogP contribution >= 0.6 is 23.2 Å². The topological polar surface area (TPSA) is 94.9 Å². The minimum Gasteiger partial charge on any atom is -0.481 e. The lowest BCUT2D eigenvalue weighted by molar-refractivity contribution is -0.151. The summed E-state index contributed by atoms with van der Waals surface area (Å²) in [6.45, 7) is 8.05. The highest BCUT2D eigenvalue weighted by atomic mass is 35.5. The van der Waals surface area contributed by atoms with Gasteiger partial charge in [0.1, 0.15) is 5.69 Å². The van der Waals surface area contributed by atoms with Crippen LogP contribution in [0.25, 0.3) is 10.9 Å². The molecule has 2 aromatic carbocycles. The summed E-state index contributed by atoms with van der Waals surface area (Å²) in [5.74, 6) is -1.36. The third-order valence-corrected chi connectivity index (χ3v) is 7.63. The van der Waals surface area contributed by atoms with Crippen LogP contribution in [0.5, 0.6) is 0 Å². The van der Waals surface area contributed by atoms with Crippen molar-refractivity contribution in [2.75, 3.05) is 36.4 Å². The largest absolute Gasteiger partial charge is 0.481 e. The fourth-order valence-electron chi connectivity index (χ4n) is 4.53. The number of carboxylic acid groups (broad SMARTS) is 1. The number of nitrogens with zero attached hydrogens (tertiary/aromatic N) is 3. The average Bonchev–Trinajstić information content (AvgIpc) is 3.26. The zero-order chi connectivity index (χ0) is 26.9. The molecule has 0 saturated carbocycles. The van der Waals surface area contributed by atoms with Crippen LogP contribution in [-0.2, 0) is 16.1 Å².